The average Bonchev–Trinajstić information content (AvgIpc) is 3.31. The van der Waals surface area contributed by atoms with Gasteiger partial charge in [-0.15, -0.1) is 0 Å². The van der Waals surface area contributed by atoms with Crippen LogP contribution in [0.4, 0.5) is 0 Å². The maximum Gasteiger partial charge on any atom is 0.253 e. The van der Waals surface area contributed by atoms with Crippen molar-refractivity contribution >= 4 is 11.4 Å². The van der Waals surface area contributed by atoms with E-state index in [1.165, 1.54) is 31.3 Å². The van der Waals surface area contributed by atoms with E-state index in [1.807, 2.05) is 22.8 Å². The second kappa shape index (κ2) is 6.67. The van der Waals surface area contributed by atoms with Gasteiger partial charge in [-0.1, -0.05) is 11.1 Å². The van der Waals surface area contributed by atoms with E-state index in [9.17, 15) is 4.79 Å². The summed E-state index contributed by atoms with van der Waals surface area (Å²) in [7, 11) is 0. The Kier molecular flexibility index (Phi) is 4.06. The summed E-state index contributed by atoms with van der Waals surface area (Å²) in [5.41, 5.74) is 11.8. The van der Waals surface area contributed by atoms with E-state index in [0.717, 1.165) is 55.0 Å². The third kappa shape index (κ3) is 3.01. The maximum absolute atomic E-state index is 13.0. The Morgan fingerprint density at radius 3 is 2.90 bits per heavy atom. The maximum atomic E-state index is 13.0. The van der Waals surface area contributed by atoms with E-state index < -0.39 is 0 Å². The molecule has 6 nitrogen and oxygen atoms in total. The second-order valence-electron chi connectivity index (χ2n) is 9.58. The number of nitrogens with two attached hydrogens (primary N) is 1. The van der Waals surface area contributed by atoms with Crippen molar-refractivity contribution in [2.75, 3.05) is 19.6 Å². The third-order valence-electron chi connectivity index (χ3n) is 7.58. The first-order valence-corrected chi connectivity index (χ1v) is 11.1. The lowest BCUT2D eigenvalue weighted by atomic mass is 9.51. The molecule has 3 N–H and O–H groups in total. The van der Waals surface area contributed by atoms with Crippen LogP contribution < -0.4 is 11.1 Å². The van der Waals surface area contributed by atoms with Gasteiger partial charge >= 0.3 is 0 Å². The van der Waals surface area contributed by atoms with Crippen LogP contribution in [0.3, 0.4) is 0 Å². The lowest BCUT2D eigenvalue weighted by molar-refractivity contribution is 0.0947. The SMILES string of the molecule is N[C@@H]1CCN(Cc2cc3c(C(=O)NCC4=C5C6CC(C4)CC5C6)cccn3n2)C1. The molecule has 3 saturated carbocycles. The Morgan fingerprint density at radius 1 is 1.28 bits per heavy atom. The fourth-order valence-corrected chi connectivity index (χ4v) is 6.35. The molecule has 8 rings (SSSR count). The number of amides is 1. The number of pyridine rings is 1. The van der Waals surface area contributed by atoms with E-state index >= 15 is 0 Å². The van der Waals surface area contributed by atoms with Crippen molar-refractivity contribution in [2.45, 2.75) is 44.7 Å². The highest BCUT2D eigenvalue weighted by Crippen LogP contribution is 2.59. The normalized spacial score (nSPS) is 30.8. The molecule has 0 aromatic carbocycles. The molecule has 1 aliphatic heterocycles. The third-order valence-corrected chi connectivity index (χ3v) is 7.58. The topological polar surface area (TPSA) is 75.7 Å². The zero-order valence-corrected chi connectivity index (χ0v) is 16.8. The summed E-state index contributed by atoms with van der Waals surface area (Å²) < 4.78 is 1.83. The van der Waals surface area contributed by atoms with Gasteiger partial charge in [-0.2, -0.15) is 5.10 Å². The minimum Gasteiger partial charge on any atom is -0.348 e. The van der Waals surface area contributed by atoms with Gasteiger partial charge in [0.15, 0.2) is 0 Å². The van der Waals surface area contributed by atoms with Gasteiger partial charge in [0.25, 0.3) is 5.91 Å². The molecule has 2 unspecified atom stereocenters. The first-order valence-electron chi connectivity index (χ1n) is 11.1. The number of allylic oxidation sites excluding steroid dienone is 1. The molecule has 1 amide bonds. The number of aromatic nitrogens is 2. The number of hydrogen-bond acceptors (Lipinski definition) is 4. The monoisotopic (exact) mass is 391 g/mol. The van der Waals surface area contributed by atoms with Crippen molar-refractivity contribution < 1.29 is 4.79 Å². The molecule has 0 spiro atoms. The van der Waals surface area contributed by atoms with Crippen molar-refractivity contribution in [3.8, 4) is 0 Å². The molecule has 2 aromatic heterocycles. The molecule has 0 radical (unpaired) electrons. The molecular weight excluding hydrogens is 362 g/mol. The molecule has 1 saturated heterocycles. The largest absolute Gasteiger partial charge is 0.348 e. The molecule has 2 aromatic rings. The summed E-state index contributed by atoms with van der Waals surface area (Å²) in [6.45, 7) is 3.44. The molecule has 152 valence electrons. The molecule has 6 heteroatoms. The van der Waals surface area contributed by atoms with Crippen LogP contribution in [0, 0.1) is 17.8 Å². The number of carbonyl (C=O) groups excluding carboxylic acids is 1. The van der Waals surface area contributed by atoms with Crippen molar-refractivity contribution in [1.29, 1.82) is 0 Å². The molecule has 3 atom stereocenters. The van der Waals surface area contributed by atoms with Crippen LogP contribution in [0.15, 0.2) is 35.5 Å². The summed E-state index contributed by atoms with van der Waals surface area (Å²) in [5, 5.41) is 7.90. The summed E-state index contributed by atoms with van der Waals surface area (Å²) in [4.78, 5) is 15.3. The molecule has 29 heavy (non-hydrogen) atoms. The first-order chi connectivity index (χ1) is 14.1. The van der Waals surface area contributed by atoms with E-state index in [0.29, 0.717) is 12.1 Å². The van der Waals surface area contributed by atoms with Crippen molar-refractivity contribution in [1.82, 2.24) is 19.8 Å². The van der Waals surface area contributed by atoms with E-state index in [4.69, 9.17) is 5.73 Å². The van der Waals surface area contributed by atoms with Gasteiger partial charge in [0, 0.05) is 38.4 Å². The number of hydrogen-bond donors (Lipinski definition) is 2. The van der Waals surface area contributed by atoms with Gasteiger partial charge in [-0.3, -0.25) is 9.69 Å². The highest BCUT2D eigenvalue weighted by atomic mass is 16.1. The quantitative estimate of drug-likeness (QED) is 0.767. The van der Waals surface area contributed by atoms with Gasteiger partial charge < -0.3 is 11.1 Å². The van der Waals surface area contributed by atoms with Crippen LogP contribution in [0.25, 0.3) is 5.52 Å². The van der Waals surface area contributed by atoms with Crippen LogP contribution in [-0.4, -0.2) is 46.1 Å². The van der Waals surface area contributed by atoms with Crippen molar-refractivity contribution in [2.24, 2.45) is 23.5 Å². The lowest BCUT2D eigenvalue weighted by Crippen LogP contribution is -2.44. The Morgan fingerprint density at radius 2 is 2.14 bits per heavy atom. The van der Waals surface area contributed by atoms with Gasteiger partial charge in [0.2, 0.25) is 0 Å². The Labute approximate surface area is 171 Å². The number of likely N-dealkylation sites (tertiary alicyclic amines) is 1. The number of rotatable bonds is 5. The Bertz CT molecular complexity index is 994. The summed E-state index contributed by atoms with van der Waals surface area (Å²) in [6.07, 6.45) is 8.34. The summed E-state index contributed by atoms with van der Waals surface area (Å²) in [6, 6.07) is 6.14. The molecular formula is C23H29N5O. The molecule has 5 aliphatic carbocycles. The highest BCUT2D eigenvalue weighted by molar-refractivity contribution is 6.00. The number of fused-ring (bicyclic) bond motifs is 2. The van der Waals surface area contributed by atoms with E-state index in [-0.39, 0.29) is 11.9 Å². The zero-order chi connectivity index (χ0) is 19.5. The van der Waals surface area contributed by atoms with E-state index in [2.05, 4.69) is 21.4 Å². The summed E-state index contributed by atoms with van der Waals surface area (Å²) >= 11 is 0. The van der Waals surface area contributed by atoms with Gasteiger partial charge in [0.1, 0.15) is 0 Å². The number of carbonyl (C=O) groups is 1. The van der Waals surface area contributed by atoms with Crippen LogP contribution >= 0.6 is 0 Å². The van der Waals surface area contributed by atoms with Gasteiger partial charge in [-0.05, 0) is 68.1 Å². The van der Waals surface area contributed by atoms with Crippen LogP contribution in [0.2, 0.25) is 0 Å². The zero-order valence-electron chi connectivity index (χ0n) is 16.8. The van der Waals surface area contributed by atoms with Crippen LogP contribution in [0.5, 0.6) is 0 Å². The van der Waals surface area contributed by atoms with Gasteiger partial charge in [-0.25, -0.2) is 4.52 Å². The fourth-order valence-electron chi connectivity index (χ4n) is 6.35. The smallest absolute Gasteiger partial charge is 0.253 e. The molecule has 4 fully saturated rings. The predicted octanol–water partition coefficient (Wildman–Crippen LogP) is 2.34. The second-order valence-corrected chi connectivity index (χ2v) is 9.58. The Hall–Kier alpha value is -2.18. The highest BCUT2D eigenvalue weighted by Gasteiger charge is 2.47. The minimum atomic E-state index is 0.00784. The molecule has 4 bridgehead atoms. The minimum absolute atomic E-state index is 0.00784. The number of nitrogens with zero attached hydrogens (tertiary/aromatic N) is 3. The van der Waals surface area contributed by atoms with Gasteiger partial charge in [0.05, 0.1) is 16.8 Å². The van der Waals surface area contributed by atoms with E-state index in [1.54, 1.807) is 5.57 Å². The molecule has 3 heterocycles. The molecule has 6 aliphatic rings. The first kappa shape index (κ1) is 17.7. The lowest BCUT2D eigenvalue weighted by Gasteiger charge is -2.54. The summed E-state index contributed by atoms with van der Waals surface area (Å²) in [5.74, 6) is 2.54. The average molecular weight is 392 g/mol. The van der Waals surface area contributed by atoms with Crippen molar-refractivity contribution in [3.63, 3.8) is 0 Å². The predicted molar refractivity (Wildman–Crippen MR) is 111 cm³/mol. The van der Waals surface area contributed by atoms with Crippen LogP contribution in [-0.2, 0) is 6.54 Å². The van der Waals surface area contributed by atoms with Crippen molar-refractivity contribution in [3.05, 3.63) is 46.8 Å². The van der Waals surface area contributed by atoms with Crippen LogP contribution in [0.1, 0.15) is 48.2 Å². The Balaban J connectivity index is 1.19. The fraction of sp³-hybridized carbons (Fsp3) is 0.565. The number of nitrogens with one attached hydrogen (secondary N) is 1. The standard InChI is InChI=1S/C23H29N5O/c24-18-3-5-27(12-18)13-19-10-21-20(2-1-4-28(21)26-19)23(29)25-11-17-8-14-6-15-9-16(7-14)22(15)17/h1-2,4,10,14-16,18H,3,5-9,11-13,24H2,(H,25,29)/t14?,15?,16?,18-/m1/s1.